The predicted octanol–water partition coefficient (Wildman–Crippen LogP) is 2.43. The monoisotopic (exact) mass is 310 g/mol. The molecule has 0 amide bonds. The molecule has 0 bridgehead atoms. The third-order valence-corrected chi connectivity index (χ3v) is 6.33. The molecule has 1 fully saturated rings. The zero-order valence-electron chi connectivity index (χ0n) is 13.0. The Morgan fingerprint density at radius 1 is 1.24 bits per heavy atom. The van der Waals surface area contributed by atoms with E-state index in [1.807, 2.05) is 12.1 Å². The molecule has 118 valence electrons. The van der Waals surface area contributed by atoms with Crippen LogP contribution in [0.4, 0.5) is 5.69 Å². The summed E-state index contributed by atoms with van der Waals surface area (Å²) in [6, 6.07) is 7.73. The van der Waals surface area contributed by atoms with Gasteiger partial charge in [0.05, 0.1) is 16.3 Å². The van der Waals surface area contributed by atoms with E-state index in [1.54, 1.807) is 19.1 Å². The molecular weight excluding hydrogens is 284 g/mol. The smallest absolute Gasteiger partial charge is 0.180 e. The van der Waals surface area contributed by atoms with E-state index in [1.165, 1.54) is 6.42 Å². The number of benzene rings is 1. The summed E-state index contributed by atoms with van der Waals surface area (Å²) in [4.78, 5) is 2.70. The summed E-state index contributed by atoms with van der Waals surface area (Å²) in [6.07, 6.45) is 3.41. The molecule has 1 aliphatic carbocycles. The number of nitrogens with two attached hydrogens (primary N) is 1. The van der Waals surface area contributed by atoms with Crippen LogP contribution in [0.2, 0.25) is 0 Å². The fraction of sp³-hybridized carbons (Fsp3) is 0.625. The first-order chi connectivity index (χ1) is 10.0. The van der Waals surface area contributed by atoms with E-state index >= 15 is 0 Å². The molecule has 4 nitrogen and oxygen atoms in total. The summed E-state index contributed by atoms with van der Waals surface area (Å²) in [6.45, 7) is 5.25. The van der Waals surface area contributed by atoms with E-state index in [9.17, 15) is 8.42 Å². The van der Waals surface area contributed by atoms with Crippen molar-refractivity contribution in [3.8, 4) is 0 Å². The summed E-state index contributed by atoms with van der Waals surface area (Å²) in [5.41, 5.74) is 6.74. The standard InChI is InChI=1S/C16H26N2O2S/c1-3-18(14-10-7-8-13(14)12-17)15-9-5-6-11-16(15)21(19,20)4-2/h5-6,9,11,13-14H,3-4,7-8,10,12,17H2,1-2H3. The van der Waals surface area contributed by atoms with Gasteiger partial charge in [0.25, 0.3) is 0 Å². The molecule has 1 saturated carbocycles. The van der Waals surface area contributed by atoms with Gasteiger partial charge in [0, 0.05) is 12.6 Å². The molecule has 1 aromatic carbocycles. The molecule has 21 heavy (non-hydrogen) atoms. The van der Waals surface area contributed by atoms with Crippen LogP contribution in [0.5, 0.6) is 0 Å². The minimum atomic E-state index is -3.21. The first kappa shape index (κ1) is 16.3. The molecular formula is C16H26N2O2S. The maximum atomic E-state index is 12.4. The van der Waals surface area contributed by atoms with Crippen molar-refractivity contribution in [3.05, 3.63) is 24.3 Å². The number of anilines is 1. The van der Waals surface area contributed by atoms with Crippen molar-refractivity contribution >= 4 is 15.5 Å². The lowest BCUT2D eigenvalue weighted by Crippen LogP contribution is -2.41. The normalized spacial score (nSPS) is 22.4. The van der Waals surface area contributed by atoms with Crippen LogP contribution >= 0.6 is 0 Å². The third-order valence-electron chi connectivity index (χ3n) is 4.55. The van der Waals surface area contributed by atoms with Crippen molar-refractivity contribution < 1.29 is 8.42 Å². The highest BCUT2D eigenvalue weighted by molar-refractivity contribution is 7.91. The second-order valence-electron chi connectivity index (χ2n) is 5.65. The predicted molar refractivity (Wildman–Crippen MR) is 87.4 cm³/mol. The van der Waals surface area contributed by atoms with Crippen LogP contribution in [0.25, 0.3) is 0 Å². The summed E-state index contributed by atoms with van der Waals surface area (Å²) >= 11 is 0. The third kappa shape index (κ3) is 3.24. The van der Waals surface area contributed by atoms with Crippen molar-refractivity contribution in [2.45, 2.75) is 44.0 Å². The van der Waals surface area contributed by atoms with Crippen molar-refractivity contribution in [3.63, 3.8) is 0 Å². The molecule has 0 aliphatic heterocycles. The van der Waals surface area contributed by atoms with Crippen LogP contribution in [0.3, 0.4) is 0 Å². The molecule has 2 N–H and O–H groups in total. The first-order valence-electron chi connectivity index (χ1n) is 7.83. The second kappa shape index (κ2) is 6.79. The minimum absolute atomic E-state index is 0.131. The Kier molecular flexibility index (Phi) is 5.27. The van der Waals surface area contributed by atoms with E-state index in [4.69, 9.17) is 5.73 Å². The minimum Gasteiger partial charge on any atom is -0.367 e. The second-order valence-corrected chi connectivity index (χ2v) is 7.90. The Balaban J connectivity index is 2.44. The van der Waals surface area contributed by atoms with Gasteiger partial charge in [-0.2, -0.15) is 0 Å². The highest BCUT2D eigenvalue weighted by atomic mass is 32.2. The van der Waals surface area contributed by atoms with Crippen LogP contribution in [0.1, 0.15) is 33.1 Å². The summed E-state index contributed by atoms with van der Waals surface area (Å²) in [5, 5.41) is 0. The van der Waals surface area contributed by atoms with Gasteiger partial charge in [0.2, 0.25) is 0 Å². The Morgan fingerprint density at radius 3 is 2.57 bits per heavy atom. The van der Waals surface area contributed by atoms with E-state index in [0.717, 1.165) is 25.1 Å². The Labute approximate surface area is 128 Å². The largest absolute Gasteiger partial charge is 0.367 e. The van der Waals surface area contributed by atoms with E-state index in [0.29, 0.717) is 23.4 Å². The molecule has 1 aromatic rings. The molecule has 2 atom stereocenters. The topological polar surface area (TPSA) is 63.4 Å². The maximum Gasteiger partial charge on any atom is 0.180 e. The van der Waals surface area contributed by atoms with E-state index in [-0.39, 0.29) is 5.75 Å². The van der Waals surface area contributed by atoms with Gasteiger partial charge in [-0.3, -0.25) is 0 Å². The van der Waals surface area contributed by atoms with Crippen LogP contribution < -0.4 is 10.6 Å². The van der Waals surface area contributed by atoms with E-state index in [2.05, 4.69) is 11.8 Å². The SMILES string of the molecule is CCN(c1ccccc1S(=O)(=O)CC)C1CCCC1CN. The van der Waals surface area contributed by atoms with Crippen molar-refractivity contribution in [2.75, 3.05) is 23.7 Å². The first-order valence-corrected chi connectivity index (χ1v) is 9.48. The highest BCUT2D eigenvalue weighted by Gasteiger charge is 2.32. The molecule has 2 unspecified atom stereocenters. The maximum absolute atomic E-state index is 12.4. The van der Waals surface area contributed by atoms with Gasteiger partial charge >= 0.3 is 0 Å². The fourth-order valence-corrected chi connectivity index (χ4v) is 4.50. The van der Waals surface area contributed by atoms with Crippen molar-refractivity contribution in [2.24, 2.45) is 11.7 Å². The summed E-state index contributed by atoms with van der Waals surface area (Å²) < 4.78 is 24.7. The van der Waals surface area contributed by atoms with Crippen LogP contribution in [-0.2, 0) is 9.84 Å². The molecule has 0 radical (unpaired) electrons. The average Bonchev–Trinajstić information content (AvgIpc) is 2.97. The zero-order valence-corrected chi connectivity index (χ0v) is 13.8. The lowest BCUT2D eigenvalue weighted by atomic mass is 10.0. The zero-order chi connectivity index (χ0) is 15.5. The molecule has 0 saturated heterocycles. The van der Waals surface area contributed by atoms with Crippen molar-refractivity contribution in [1.82, 2.24) is 0 Å². The number of nitrogens with zero attached hydrogens (tertiary/aromatic N) is 1. The van der Waals surface area contributed by atoms with Gasteiger partial charge in [-0.05, 0) is 44.4 Å². The quantitative estimate of drug-likeness (QED) is 0.876. The van der Waals surface area contributed by atoms with Crippen LogP contribution in [0.15, 0.2) is 29.2 Å². The van der Waals surface area contributed by atoms with Gasteiger partial charge < -0.3 is 10.6 Å². The molecule has 0 spiro atoms. The summed E-state index contributed by atoms with van der Waals surface area (Å²) in [5.74, 6) is 0.592. The number of sulfone groups is 1. The molecule has 2 rings (SSSR count). The summed E-state index contributed by atoms with van der Waals surface area (Å²) in [7, 11) is -3.21. The number of hydrogen-bond acceptors (Lipinski definition) is 4. The van der Waals surface area contributed by atoms with E-state index < -0.39 is 9.84 Å². The lowest BCUT2D eigenvalue weighted by molar-refractivity contribution is 0.460. The molecule has 5 heteroatoms. The van der Waals surface area contributed by atoms with Crippen molar-refractivity contribution in [1.29, 1.82) is 0 Å². The number of hydrogen-bond donors (Lipinski definition) is 1. The lowest BCUT2D eigenvalue weighted by Gasteiger charge is -2.35. The fourth-order valence-electron chi connectivity index (χ4n) is 3.40. The average molecular weight is 310 g/mol. The van der Waals surface area contributed by atoms with Gasteiger partial charge in [-0.15, -0.1) is 0 Å². The molecule has 1 aliphatic rings. The number of rotatable bonds is 6. The van der Waals surface area contributed by atoms with Crippen LogP contribution in [0, 0.1) is 5.92 Å². The Morgan fingerprint density at radius 2 is 1.95 bits per heavy atom. The highest BCUT2D eigenvalue weighted by Crippen LogP contribution is 2.35. The Hall–Kier alpha value is -1.07. The number of para-hydroxylation sites is 1. The van der Waals surface area contributed by atoms with Gasteiger partial charge in [-0.25, -0.2) is 8.42 Å². The Bertz CT molecular complexity index is 571. The van der Waals surface area contributed by atoms with Gasteiger partial charge in [0.15, 0.2) is 9.84 Å². The van der Waals surface area contributed by atoms with Crippen LogP contribution in [-0.4, -0.2) is 33.3 Å². The molecule has 0 aromatic heterocycles. The van der Waals surface area contributed by atoms with Gasteiger partial charge in [0.1, 0.15) is 0 Å². The molecule has 0 heterocycles. The van der Waals surface area contributed by atoms with Gasteiger partial charge in [-0.1, -0.05) is 25.5 Å².